The van der Waals surface area contributed by atoms with Crippen molar-refractivity contribution in [3.05, 3.63) is 102 Å². The molecule has 3 aromatic rings. The standard InChI is InChI=1S/C29H30N2O3/c1-30(26-15-9-8-14-25(26)27(32)22-12-6-3-7-13-22)29(33)34-28-23-16-17-24(28)20-31(19-23)18-21-10-4-2-5-11-21/h2-15,23-24,28H,16-20H2,1H3. The summed E-state index contributed by atoms with van der Waals surface area (Å²) in [6.07, 6.45) is 1.70. The SMILES string of the molecule is CN(C(=O)OC1C2CCC1CN(Cc1ccccc1)C2)c1ccccc1C(=O)c1ccccc1. The highest BCUT2D eigenvalue weighted by atomic mass is 16.6. The van der Waals surface area contributed by atoms with Gasteiger partial charge in [-0.2, -0.15) is 0 Å². The molecule has 2 bridgehead atoms. The molecule has 5 heteroatoms. The number of amides is 1. The first-order valence-electron chi connectivity index (χ1n) is 12.0. The number of carbonyl (C=O) groups is 2. The number of anilines is 1. The van der Waals surface area contributed by atoms with Crippen LogP contribution in [-0.2, 0) is 11.3 Å². The summed E-state index contributed by atoms with van der Waals surface area (Å²) in [5, 5.41) is 0. The van der Waals surface area contributed by atoms with Crippen molar-refractivity contribution >= 4 is 17.6 Å². The molecule has 0 radical (unpaired) electrons. The molecular weight excluding hydrogens is 424 g/mol. The predicted octanol–water partition coefficient (Wildman–Crippen LogP) is 5.40. The van der Waals surface area contributed by atoms with Gasteiger partial charge in [0, 0.05) is 49.6 Å². The van der Waals surface area contributed by atoms with Gasteiger partial charge in [-0.1, -0.05) is 72.8 Å². The van der Waals surface area contributed by atoms with Crippen LogP contribution in [0, 0.1) is 11.8 Å². The molecule has 1 aliphatic carbocycles. The Morgan fingerprint density at radius 1 is 0.853 bits per heavy atom. The Bertz CT molecular complexity index is 1130. The zero-order valence-corrected chi connectivity index (χ0v) is 19.5. The number of ether oxygens (including phenoxy) is 1. The number of nitrogens with zero attached hydrogens (tertiary/aromatic N) is 2. The number of benzene rings is 3. The van der Waals surface area contributed by atoms with Crippen LogP contribution in [0.25, 0.3) is 0 Å². The molecule has 2 aliphatic rings. The van der Waals surface area contributed by atoms with Gasteiger partial charge < -0.3 is 4.74 Å². The van der Waals surface area contributed by atoms with Crippen LogP contribution in [0.1, 0.15) is 34.3 Å². The summed E-state index contributed by atoms with van der Waals surface area (Å²) in [6, 6.07) is 26.9. The molecular formula is C29H30N2O3. The summed E-state index contributed by atoms with van der Waals surface area (Å²) in [6.45, 7) is 2.82. The van der Waals surface area contributed by atoms with Crippen molar-refractivity contribution in [1.82, 2.24) is 4.90 Å². The smallest absolute Gasteiger partial charge is 0.414 e. The third kappa shape index (κ3) is 4.62. The summed E-state index contributed by atoms with van der Waals surface area (Å²) < 4.78 is 6.08. The van der Waals surface area contributed by atoms with E-state index in [1.54, 1.807) is 31.3 Å². The lowest BCUT2D eigenvalue weighted by molar-refractivity contribution is 0.000487. The molecule has 3 aromatic carbocycles. The maximum atomic E-state index is 13.2. The third-order valence-electron chi connectivity index (χ3n) is 7.13. The average Bonchev–Trinajstić information content (AvgIpc) is 3.11. The van der Waals surface area contributed by atoms with Gasteiger partial charge in [0.25, 0.3) is 0 Å². The Balaban J connectivity index is 1.26. The summed E-state index contributed by atoms with van der Waals surface area (Å²) >= 11 is 0. The summed E-state index contributed by atoms with van der Waals surface area (Å²) in [7, 11) is 1.69. The van der Waals surface area contributed by atoms with Crippen LogP contribution >= 0.6 is 0 Å². The molecule has 2 fully saturated rings. The Hall–Kier alpha value is -3.44. The summed E-state index contributed by atoms with van der Waals surface area (Å²) in [5.41, 5.74) is 2.97. The average molecular weight is 455 g/mol. The Morgan fingerprint density at radius 2 is 1.44 bits per heavy atom. The highest BCUT2D eigenvalue weighted by Crippen LogP contribution is 2.40. The topological polar surface area (TPSA) is 49.9 Å². The largest absolute Gasteiger partial charge is 0.445 e. The number of rotatable bonds is 6. The highest BCUT2D eigenvalue weighted by Gasteiger charge is 2.44. The molecule has 2 atom stereocenters. The van der Waals surface area contributed by atoms with Crippen LogP contribution in [0.3, 0.4) is 0 Å². The monoisotopic (exact) mass is 454 g/mol. The fourth-order valence-electron chi connectivity index (χ4n) is 5.43. The van der Waals surface area contributed by atoms with Crippen LogP contribution < -0.4 is 4.90 Å². The van der Waals surface area contributed by atoms with E-state index >= 15 is 0 Å². The van der Waals surface area contributed by atoms with E-state index in [1.807, 2.05) is 36.4 Å². The van der Waals surface area contributed by atoms with Crippen molar-refractivity contribution in [3.8, 4) is 0 Å². The van der Waals surface area contributed by atoms with Gasteiger partial charge in [0.15, 0.2) is 5.78 Å². The lowest BCUT2D eigenvalue weighted by Gasteiger charge is -2.38. The Morgan fingerprint density at radius 3 is 2.12 bits per heavy atom. The lowest BCUT2D eigenvalue weighted by atomic mass is 9.94. The minimum Gasteiger partial charge on any atom is -0.445 e. The van der Waals surface area contributed by atoms with E-state index in [9.17, 15) is 9.59 Å². The molecule has 1 saturated carbocycles. The van der Waals surface area contributed by atoms with Crippen molar-refractivity contribution in [2.75, 3.05) is 25.0 Å². The van der Waals surface area contributed by atoms with Gasteiger partial charge in [0.2, 0.25) is 0 Å². The normalized spacial score (nSPS) is 21.7. The van der Waals surface area contributed by atoms with Crippen LogP contribution in [0.5, 0.6) is 0 Å². The molecule has 174 valence electrons. The molecule has 34 heavy (non-hydrogen) atoms. The van der Waals surface area contributed by atoms with Crippen LogP contribution in [0.4, 0.5) is 10.5 Å². The lowest BCUT2D eigenvalue weighted by Crippen LogP contribution is -2.47. The quantitative estimate of drug-likeness (QED) is 0.468. The number of hydrogen-bond acceptors (Lipinski definition) is 4. The van der Waals surface area contributed by atoms with E-state index in [0.29, 0.717) is 28.7 Å². The van der Waals surface area contributed by atoms with E-state index < -0.39 is 6.09 Å². The molecule has 5 nitrogen and oxygen atoms in total. The first-order chi connectivity index (χ1) is 16.6. The molecule has 5 rings (SSSR count). The van der Waals surface area contributed by atoms with Crippen molar-refractivity contribution < 1.29 is 14.3 Å². The molecule has 1 saturated heterocycles. The van der Waals surface area contributed by atoms with Gasteiger partial charge in [-0.3, -0.25) is 14.6 Å². The second-order valence-corrected chi connectivity index (χ2v) is 9.40. The van der Waals surface area contributed by atoms with Gasteiger partial charge in [0.05, 0.1) is 5.69 Å². The maximum Gasteiger partial charge on any atom is 0.414 e. The maximum absolute atomic E-state index is 13.2. The predicted molar refractivity (Wildman–Crippen MR) is 133 cm³/mol. The van der Waals surface area contributed by atoms with Crippen molar-refractivity contribution in [2.24, 2.45) is 11.8 Å². The fraction of sp³-hybridized carbons (Fsp3) is 0.310. The number of piperidine rings is 1. The molecule has 1 heterocycles. The minimum atomic E-state index is -0.397. The first kappa shape index (κ1) is 22.4. The van der Waals surface area contributed by atoms with E-state index in [0.717, 1.165) is 32.5 Å². The first-order valence-corrected chi connectivity index (χ1v) is 12.0. The second kappa shape index (κ2) is 9.82. The van der Waals surface area contributed by atoms with Crippen LogP contribution in [-0.4, -0.2) is 43.0 Å². The van der Waals surface area contributed by atoms with E-state index in [-0.39, 0.29) is 11.9 Å². The van der Waals surface area contributed by atoms with E-state index in [4.69, 9.17) is 4.74 Å². The number of fused-ring (bicyclic) bond motifs is 2. The van der Waals surface area contributed by atoms with Gasteiger partial charge in [-0.05, 0) is 30.5 Å². The number of hydrogen-bond donors (Lipinski definition) is 0. The number of carbonyl (C=O) groups excluding carboxylic acids is 2. The van der Waals surface area contributed by atoms with Crippen LogP contribution in [0.15, 0.2) is 84.9 Å². The van der Waals surface area contributed by atoms with Gasteiger partial charge in [-0.15, -0.1) is 0 Å². The van der Waals surface area contributed by atoms with Gasteiger partial charge in [-0.25, -0.2) is 4.79 Å². The van der Waals surface area contributed by atoms with Crippen LogP contribution in [0.2, 0.25) is 0 Å². The zero-order valence-electron chi connectivity index (χ0n) is 19.5. The van der Waals surface area contributed by atoms with Crippen molar-refractivity contribution in [3.63, 3.8) is 0 Å². The fourth-order valence-corrected chi connectivity index (χ4v) is 5.43. The van der Waals surface area contributed by atoms with Gasteiger partial charge >= 0.3 is 6.09 Å². The summed E-state index contributed by atoms with van der Waals surface area (Å²) in [5.74, 6) is 0.590. The van der Waals surface area contributed by atoms with Crippen molar-refractivity contribution in [1.29, 1.82) is 0 Å². The van der Waals surface area contributed by atoms with E-state index in [2.05, 4.69) is 29.2 Å². The Labute approximate surface area is 201 Å². The summed E-state index contributed by atoms with van der Waals surface area (Å²) in [4.78, 5) is 30.3. The Kier molecular flexibility index (Phi) is 6.45. The molecule has 0 N–H and O–H groups in total. The molecule has 0 aromatic heterocycles. The second-order valence-electron chi connectivity index (χ2n) is 9.40. The van der Waals surface area contributed by atoms with Crippen molar-refractivity contribution in [2.45, 2.75) is 25.5 Å². The molecule has 2 unspecified atom stereocenters. The molecule has 1 aliphatic heterocycles. The van der Waals surface area contributed by atoms with Gasteiger partial charge in [0.1, 0.15) is 6.10 Å². The molecule has 0 spiro atoms. The van der Waals surface area contributed by atoms with E-state index in [1.165, 1.54) is 10.5 Å². The zero-order chi connectivity index (χ0) is 23.5. The third-order valence-corrected chi connectivity index (χ3v) is 7.13. The number of para-hydroxylation sites is 1. The number of ketones is 1. The minimum absolute atomic E-state index is 0.0704. The number of likely N-dealkylation sites (tertiary alicyclic amines) is 1. The molecule has 1 amide bonds. The highest BCUT2D eigenvalue weighted by molar-refractivity contribution is 6.13.